The van der Waals surface area contributed by atoms with Crippen LogP contribution < -0.4 is 0 Å². The van der Waals surface area contributed by atoms with Crippen molar-refractivity contribution in [1.82, 2.24) is 0 Å². The molecule has 0 heterocycles. The van der Waals surface area contributed by atoms with Crippen molar-refractivity contribution in [3.05, 3.63) is 36.0 Å². The normalized spacial score (nSPS) is 12.5. The number of esters is 1. The van der Waals surface area contributed by atoms with Crippen molar-refractivity contribution in [2.24, 2.45) is 0 Å². The van der Waals surface area contributed by atoms with E-state index in [1.54, 1.807) is 25.2 Å². The molecule has 0 N–H and O–H groups in total. The first-order valence-electron chi connectivity index (χ1n) is 3.83. The molecule has 0 aliphatic carbocycles. The van der Waals surface area contributed by atoms with E-state index in [2.05, 4.69) is 27.2 Å². The van der Waals surface area contributed by atoms with Crippen molar-refractivity contribution < 1.29 is 9.53 Å². The van der Waals surface area contributed by atoms with E-state index in [-0.39, 0.29) is 5.97 Å². The van der Waals surface area contributed by atoms with Crippen LogP contribution in [0.5, 0.6) is 0 Å². The zero-order chi connectivity index (χ0) is 10.3. The van der Waals surface area contributed by atoms with E-state index in [1.165, 1.54) is 7.11 Å². The van der Waals surface area contributed by atoms with Gasteiger partial charge < -0.3 is 4.74 Å². The molecule has 0 aliphatic heterocycles. The predicted octanol–water partition coefficient (Wildman–Crippen LogP) is 2.61. The van der Waals surface area contributed by atoms with E-state index in [0.717, 1.165) is 5.57 Å². The van der Waals surface area contributed by atoms with Crippen molar-refractivity contribution in [1.29, 1.82) is 0 Å². The molecule has 0 saturated carbocycles. The lowest BCUT2D eigenvalue weighted by atomic mass is 10.1. The minimum atomic E-state index is -0.324. The van der Waals surface area contributed by atoms with Crippen molar-refractivity contribution in [2.75, 3.05) is 12.4 Å². The fourth-order valence-electron chi connectivity index (χ4n) is 0.893. The minimum absolute atomic E-state index is 0.324. The van der Waals surface area contributed by atoms with E-state index in [4.69, 9.17) is 0 Å². The van der Waals surface area contributed by atoms with Crippen LogP contribution >= 0.6 is 15.9 Å². The minimum Gasteiger partial charge on any atom is -0.465 e. The number of ether oxygens (including phenoxy) is 1. The van der Waals surface area contributed by atoms with Gasteiger partial charge in [0.1, 0.15) is 0 Å². The highest BCUT2D eigenvalue weighted by Crippen LogP contribution is 2.14. The fraction of sp³-hybridized carbons (Fsp3) is 0.300. The quantitative estimate of drug-likeness (QED) is 0.329. The van der Waals surface area contributed by atoms with Gasteiger partial charge in [-0.15, -0.1) is 0 Å². The molecule has 13 heavy (non-hydrogen) atoms. The second-order valence-corrected chi connectivity index (χ2v) is 2.82. The monoisotopic (exact) mass is 244 g/mol. The van der Waals surface area contributed by atoms with Crippen LogP contribution in [0.4, 0.5) is 0 Å². The molecule has 0 atom stereocenters. The Balaban J connectivity index is 4.86. The van der Waals surface area contributed by atoms with Gasteiger partial charge in [0.15, 0.2) is 0 Å². The van der Waals surface area contributed by atoms with Crippen molar-refractivity contribution in [2.45, 2.75) is 6.92 Å². The number of methoxy groups -OCH3 is 1. The van der Waals surface area contributed by atoms with Crippen LogP contribution in [-0.2, 0) is 9.53 Å². The van der Waals surface area contributed by atoms with E-state index in [9.17, 15) is 4.79 Å². The maximum Gasteiger partial charge on any atom is 0.337 e. The van der Waals surface area contributed by atoms with Gasteiger partial charge in [0, 0.05) is 5.33 Å². The lowest BCUT2D eigenvalue weighted by Crippen LogP contribution is -2.07. The van der Waals surface area contributed by atoms with Gasteiger partial charge in [0.25, 0.3) is 0 Å². The van der Waals surface area contributed by atoms with E-state index in [0.29, 0.717) is 10.9 Å². The summed E-state index contributed by atoms with van der Waals surface area (Å²) in [5.41, 5.74) is 1.43. The second kappa shape index (κ2) is 6.66. The van der Waals surface area contributed by atoms with Crippen molar-refractivity contribution in [3.63, 3.8) is 0 Å². The lowest BCUT2D eigenvalue weighted by Gasteiger charge is -2.05. The molecule has 0 unspecified atom stereocenters. The van der Waals surface area contributed by atoms with Crippen LogP contribution in [0.2, 0.25) is 0 Å². The summed E-state index contributed by atoms with van der Waals surface area (Å²) >= 11 is 3.29. The van der Waals surface area contributed by atoms with Crippen LogP contribution in [-0.4, -0.2) is 18.4 Å². The SMILES string of the molecule is C=C/C=C(CBr)\C(=C/C)C(=O)OC. The number of alkyl halides is 1. The molecule has 0 aromatic rings. The fourth-order valence-corrected chi connectivity index (χ4v) is 1.38. The molecule has 0 rings (SSSR count). The first-order valence-corrected chi connectivity index (χ1v) is 4.96. The molecule has 0 fully saturated rings. The summed E-state index contributed by atoms with van der Waals surface area (Å²) in [5, 5.41) is 0.605. The second-order valence-electron chi connectivity index (χ2n) is 2.26. The van der Waals surface area contributed by atoms with Gasteiger partial charge in [-0.1, -0.05) is 40.7 Å². The molecule has 72 valence electrons. The lowest BCUT2D eigenvalue weighted by molar-refractivity contribution is -0.135. The molecular formula is C10H13BrO2. The summed E-state index contributed by atoms with van der Waals surface area (Å²) in [6.07, 6.45) is 5.15. The van der Waals surface area contributed by atoms with Crippen molar-refractivity contribution in [3.8, 4) is 0 Å². The van der Waals surface area contributed by atoms with E-state index in [1.807, 2.05) is 0 Å². The van der Waals surface area contributed by atoms with Crippen molar-refractivity contribution >= 4 is 21.9 Å². The van der Waals surface area contributed by atoms with Gasteiger partial charge in [-0.25, -0.2) is 4.79 Å². The topological polar surface area (TPSA) is 26.3 Å². The molecule has 0 aromatic carbocycles. The molecule has 0 aliphatic rings. The summed E-state index contributed by atoms with van der Waals surface area (Å²) in [5.74, 6) is -0.324. The Morgan fingerprint density at radius 3 is 2.54 bits per heavy atom. The maximum atomic E-state index is 11.2. The van der Waals surface area contributed by atoms with Gasteiger partial charge in [0.05, 0.1) is 12.7 Å². The van der Waals surface area contributed by atoms with Crippen LogP contribution in [0.3, 0.4) is 0 Å². The zero-order valence-electron chi connectivity index (χ0n) is 7.84. The van der Waals surface area contributed by atoms with Crippen LogP contribution in [0.25, 0.3) is 0 Å². The first-order chi connectivity index (χ1) is 6.21. The molecule has 0 aromatic heterocycles. The summed E-state index contributed by atoms with van der Waals surface area (Å²) in [4.78, 5) is 11.2. The van der Waals surface area contributed by atoms with E-state index < -0.39 is 0 Å². The largest absolute Gasteiger partial charge is 0.465 e. The van der Waals surface area contributed by atoms with Crippen LogP contribution in [0.15, 0.2) is 36.0 Å². The van der Waals surface area contributed by atoms with Gasteiger partial charge in [-0.2, -0.15) is 0 Å². The standard InChI is InChI=1S/C10H13BrO2/c1-4-6-8(7-11)9(5-2)10(12)13-3/h4-6H,1,7H2,2-3H3/b8-6-,9-5+. The third kappa shape index (κ3) is 3.59. The number of hydrogen-bond donors (Lipinski definition) is 0. The number of allylic oxidation sites excluding steroid dienone is 3. The Morgan fingerprint density at radius 1 is 1.62 bits per heavy atom. The number of halogens is 1. The van der Waals surface area contributed by atoms with Gasteiger partial charge >= 0.3 is 5.97 Å². The number of hydrogen-bond acceptors (Lipinski definition) is 2. The summed E-state index contributed by atoms with van der Waals surface area (Å²) in [7, 11) is 1.37. The first kappa shape index (κ1) is 12.2. The number of rotatable bonds is 4. The third-order valence-electron chi connectivity index (χ3n) is 1.50. The molecule has 0 bridgehead atoms. The highest BCUT2D eigenvalue weighted by Gasteiger charge is 2.11. The zero-order valence-corrected chi connectivity index (χ0v) is 9.43. The molecule has 2 nitrogen and oxygen atoms in total. The molecule has 0 saturated heterocycles. The van der Waals surface area contributed by atoms with E-state index >= 15 is 0 Å². The Bertz CT molecular complexity index is 252. The average molecular weight is 245 g/mol. The number of carbonyl (C=O) groups is 1. The molecule has 0 radical (unpaired) electrons. The van der Waals surface area contributed by atoms with Crippen LogP contribution in [0.1, 0.15) is 6.92 Å². The number of carbonyl (C=O) groups excluding carboxylic acids is 1. The Kier molecular flexibility index (Phi) is 6.24. The highest BCUT2D eigenvalue weighted by molar-refractivity contribution is 9.09. The maximum absolute atomic E-state index is 11.2. The smallest absolute Gasteiger partial charge is 0.337 e. The summed E-state index contributed by atoms with van der Waals surface area (Å²) in [6.45, 7) is 5.37. The third-order valence-corrected chi connectivity index (χ3v) is 2.11. The van der Waals surface area contributed by atoms with Crippen LogP contribution in [0, 0.1) is 0 Å². The van der Waals surface area contributed by atoms with Gasteiger partial charge in [-0.3, -0.25) is 0 Å². The molecule has 3 heteroatoms. The Morgan fingerprint density at radius 2 is 2.23 bits per heavy atom. The van der Waals surface area contributed by atoms with Gasteiger partial charge in [0.2, 0.25) is 0 Å². The molecule has 0 spiro atoms. The summed E-state index contributed by atoms with van der Waals surface area (Å²) in [6, 6.07) is 0. The summed E-state index contributed by atoms with van der Waals surface area (Å²) < 4.78 is 4.63. The molecular weight excluding hydrogens is 232 g/mol. The Hall–Kier alpha value is -0.830. The highest BCUT2D eigenvalue weighted by atomic mass is 79.9. The Labute approximate surface area is 87.1 Å². The molecule has 0 amide bonds. The predicted molar refractivity (Wildman–Crippen MR) is 57.8 cm³/mol. The van der Waals surface area contributed by atoms with Gasteiger partial charge in [-0.05, 0) is 12.5 Å². The average Bonchev–Trinajstić information content (AvgIpc) is 2.17.